The highest BCUT2D eigenvalue weighted by Gasteiger charge is 2.32. The van der Waals surface area contributed by atoms with E-state index in [0.717, 1.165) is 25.1 Å². The highest BCUT2D eigenvalue weighted by atomic mass is 16.5. The predicted molar refractivity (Wildman–Crippen MR) is 77.8 cm³/mol. The number of rotatable bonds is 5. The minimum atomic E-state index is -0.172. The molecule has 1 aromatic rings. The van der Waals surface area contributed by atoms with E-state index in [-0.39, 0.29) is 17.6 Å². The monoisotopic (exact) mass is 277 g/mol. The molecule has 1 aromatic carbocycles. The topological polar surface area (TPSA) is 47.6 Å². The summed E-state index contributed by atoms with van der Waals surface area (Å²) in [6, 6.07) is 8.41. The molecule has 1 atom stereocenters. The molecule has 0 aliphatic carbocycles. The average Bonchev–Trinajstić information content (AvgIpc) is 2.41. The van der Waals surface area contributed by atoms with E-state index in [4.69, 9.17) is 4.74 Å². The van der Waals surface area contributed by atoms with Crippen molar-refractivity contribution in [3.63, 3.8) is 0 Å². The molecule has 1 aliphatic rings. The van der Waals surface area contributed by atoms with Crippen molar-refractivity contribution in [2.45, 2.75) is 44.8 Å². The van der Waals surface area contributed by atoms with E-state index in [1.165, 1.54) is 12.7 Å². The normalized spacial score (nSPS) is 19.9. The second-order valence-corrected chi connectivity index (χ2v) is 5.79. The third-order valence-corrected chi connectivity index (χ3v) is 3.55. The van der Waals surface area contributed by atoms with Crippen molar-refractivity contribution >= 4 is 5.97 Å². The summed E-state index contributed by atoms with van der Waals surface area (Å²) < 4.78 is 10.6. The molecule has 20 heavy (non-hydrogen) atoms. The first-order chi connectivity index (χ1) is 9.52. The van der Waals surface area contributed by atoms with E-state index in [9.17, 15) is 4.79 Å². The zero-order valence-electron chi connectivity index (χ0n) is 12.4. The number of hydrogen-bond acceptors (Lipinski definition) is 4. The van der Waals surface area contributed by atoms with Gasteiger partial charge in [-0.25, -0.2) is 0 Å². The number of ether oxygens (including phenoxy) is 2. The van der Waals surface area contributed by atoms with Crippen LogP contribution in [0.25, 0.3) is 0 Å². The summed E-state index contributed by atoms with van der Waals surface area (Å²) in [7, 11) is 1.42. The first kappa shape index (κ1) is 14.9. The molecule has 0 bridgehead atoms. The molecule has 1 heterocycles. The van der Waals surface area contributed by atoms with Crippen molar-refractivity contribution in [2.75, 3.05) is 13.7 Å². The quantitative estimate of drug-likeness (QED) is 0.664. The zero-order chi connectivity index (χ0) is 14.6. The second kappa shape index (κ2) is 6.27. The number of fused-ring (bicyclic) bond motifs is 1. The summed E-state index contributed by atoms with van der Waals surface area (Å²) in [4.78, 5) is 11.1. The Morgan fingerprint density at radius 2 is 2.20 bits per heavy atom. The second-order valence-electron chi connectivity index (χ2n) is 5.79. The third-order valence-electron chi connectivity index (χ3n) is 3.55. The Bertz CT molecular complexity index is 471. The number of para-hydroxylation sites is 1. The van der Waals surface area contributed by atoms with Crippen molar-refractivity contribution in [3.05, 3.63) is 29.8 Å². The number of methoxy groups -OCH3 is 1. The molecule has 4 heteroatoms. The Hall–Kier alpha value is -1.55. The van der Waals surface area contributed by atoms with Crippen LogP contribution in [0, 0.1) is 0 Å². The number of carbonyl (C=O) groups is 1. The summed E-state index contributed by atoms with van der Waals surface area (Å²) >= 11 is 0. The molecule has 0 fully saturated rings. The van der Waals surface area contributed by atoms with E-state index in [1.807, 2.05) is 18.2 Å². The molecule has 0 spiro atoms. The van der Waals surface area contributed by atoms with Crippen LogP contribution in [-0.4, -0.2) is 25.2 Å². The van der Waals surface area contributed by atoms with E-state index in [0.29, 0.717) is 6.42 Å². The molecule has 0 aromatic heterocycles. The number of esters is 1. The average molecular weight is 277 g/mol. The number of benzene rings is 1. The SMILES string of the molecule is COC(=O)CCCNC1CC(C)(C)Oc2ccccc21. The van der Waals surface area contributed by atoms with Gasteiger partial charge in [0, 0.05) is 24.4 Å². The van der Waals surface area contributed by atoms with Gasteiger partial charge in [0.2, 0.25) is 0 Å². The van der Waals surface area contributed by atoms with E-state index < -0.39 is 0 Å². The Kier molecular flexibility index (Phi) is 4.65. The number of hydrogen-bond donors (Lipinski definition) is 1. The molecule has 1 unspecified atom stereocenters. The minimum Gasteiger partial charge on any atom is -0.487 e. The van der Waals surface area contributed by atoms with E-state index >= 15 is 0 Å². The first-order valence-corrected chi connectivity index (χ1v) is 7.10. The van der Waals surface area contributed by atoms with Crippen LogP contribution in [0.3, 0.4) is 0 Å². The molecule has 110 valence electrons. The fourth-order valence-corrected chi connectivity index (χ4v) is 2.60. The van der Waals surface area contributed by atoms with Gasteiger partial charge in [-0.3, -0.25) is 4.79 Å². The lowest BCUT2D eigenvalue weighted by molar-refractivity contribution is -0.140. The number of carbonyl (C=O) groups excluding carboxylic acids is 1. The van der Waals surface area contributed by atoms with E-state index in [1.54, 1.807) is 0 Å². The van der Waals surface area contributed by atoms with Gasteiger partial charge in [-0.2, -0.15) is 0 Å². The maximum absolute atomic E-state index is 11.1. The summed E-state index contributed by atoms with van der Waals surface area (Å²) in [6.07, 6.45) is 2.16. The lowest BCUT2D eigenvalue weighted by Crippen LogP contribution is -2.39. The molecular formula is C16H23NO3. The highest BCUT2D eigenvalue weighted by Crippen LogP contribution is 2.39. The van der Waals surface area contributed by atoms with Gasteiger partial charge in [-0.15, -0.1) is 0 Å². The van der Waals surface area contributed by atoms with Crippen LogP contribution in [0.4, 0.5) is 0 Å². The van der Waals surface area contributed by atoms with Crippen molar-refractivity contribution in [2.24, 2.45) is 0 Å². The van der Waals surface area contributed by atoms with Crippen LogP contribution in [0.5, 0.6) is 5.75 Å². The summed E-state index contributed by atoms with van der Waals surface area (Å²) in [5.41, 5.74) is 1.03. The molecule has 0 saturated heterocycles. The van der Waals surface area contributed by atoms with E-state index in [2.05, 4.69) is 30.0 Å². The molecule has 0 radical (unpaired) electrons. The summed E-state index contributed by atoms with van der Waals surface area (Å²) in [5, 5.41) is 3.53. The summed E-state index contributed by atoms with van der Waals surface area (Å²) in [6.45, 7) is 5.00. The smallest absolute Gasteiger partial charge is 0.305 e. The standard InChI is InChI=1S/C16H23NO3/c1-16(2)11-13(17-10-6-9-15(18)19-3)12-7-4-5-8-14(12)20-16/h4-5,7-8,13,17H,6,9-11H2,1-3H3. The molecule has 4 nitrogen and oxygen atoms in total. The van der Waals surface area contributed by atoms with Crippen molar-refractivity contribution < 1.29 is 14.3 Å². The Morgan fingerprint density at radius 1 is 1.45 bits per heavy atom. The van der Waals surface area contributed by atoms with Gasteiger partial charge in [-0.05, 0) is 32.9 Å². The fourth-order valence-electron chi connectivity index (χ4n) is 2.60. The van der Waals surface area contributed by atoms with Crippen LogP contribution in [0.15, 0.2) is 24.3 Å². The third kappa shape index (κ3) is 3.73. The van der Waals surface area contributed by atoms with Gasteiger partial charge in [0.25, 0.3) is 0 Å². The molecule has 1 N–H and O–H groups in total. The first-order valence-electron chi connectivity index (χ1n) is 7.10. The fraction of sp³-hybridized carbons (Fsp3) is 0.562. The van der Waals surface area contributed by atoms with Crippen molar-refractivity contribution in [3.8, 4) is 5.75 Å². The largest absolute Gasteiger partial charge is 0.487 e. The van der Waals surface area contributed by atoms with Crippen molar-refractivity contribution in [1.82, 2.24) is 5.32 Å². The molecular weight excluding hydrogens is 254 g/mol. The van der Waals surface area contributed by atoms with Gasteiger partial charge in [-0.1, -0.05) is 18.2 Å². The van der Waals surface area contributed by atoms with Crippen LogP contribution in [0.2, 0.25) is 0 Å². The van der Waals surface area contributed by atoms with Crippen LogP contribution in [0.1, 0.15) is 44.7 Å². The Balaban J connectivity index is 1.95. The zero-order valence-corrected chi connectivity index (χ0v) is 12.4. The lowest BCUT2D eigenvalue weighted by Gasteiger charge is -2.38. The number of nitrogens with one attached hydrogen (secondary N) is 1. The summed E-state index contributed by atoms with van der Waals surface area (Å²) in [5.74, 6) is 0.800. The highest BCUT2D eigenvalue weighted by molar-refractivity contribution is 5.69. The van der Waals surface area contributed by atoms with Gasteiger partial charge >= 0.3 is 5.97 Å². The Labute approximate surface area is 120 Å². The van der Waals surface area contributed by atoms with Gasteiger partial charge in [0.05, 0.1) is 7.11 Å². The van der Waals surface area contributed by atoms with Crippen molar-refractivity contribution in [1.29, 1.82) is 0 Å². The minimum absolute atomic E-state index is 0.153. The van der Waals surface area contributed by atoms with Gasteiger partial charge in [0.15, 0.2) is 0 Å². The predicted octanol–water partition coefficient (Wildman–Crippen LogP) is 2.83. The molecule has 0 amide bonds. The molecule has 2 rings (SSSR count). The lowest BCUT2D eigenvalue weighted by atomic mass is 9.89. The van der Waals surface area contributed by atoms with Crippen LogP contribution >= 0.6 is 0 Å². The van der Waals surface area contributed by atoms with Gasteiger partial charge < -0.3 is 14.8 Å². The molecule has 1 aliphatic heterocycles. The van der Waals surface area contributed by atoms with Crippen LogP contribution in [-0.2, 0) is 9.53 Å². The Morgan fingerprint density at radius 3 is 2.95 bits per heavy atom. The van der Waals surface area contributed by atoms with Crippen LogP contribution < -0.4 is 10.1 Å². The molecule has 0 saturated carbocycles. The van der Waals surface area contributed by atoms with Gasteiger partial charge in [0.1, 0.15) is 11.4 Å². The maximum atomic E-state index is 11.1. The maximum Gasteiger partial charge on any atom is 0.305 e.